The van der Waals surface area contributed by atoms with E-state index in [0.29, 0.717) is 17.9 Å². The van der Waals surface area contributed by atoms with Crippen LogP contribution in [0.1, 0.15) is 12.0 Å². The van der Waals surface area contributed by atoms with E-state index in [-0.39, 0.29) is 0 Å². The Bertz CT molecular complexity index is 624. The van der Waals surface area contributed by atoms with Gasteiger partial charge < -0.3 is 14.4 Å². The van der Waals surface area contributed by atoms with Crippen molar-refractivity contribution in [1.29, 1.82) is 0 Å². The molecule has 6 heteroatoms. The second-order valence-electron chi connectivity index (χ2n) is 4.39. The summed E-state index contributed by atoms with van der Waals surface area (Å²) in [6.45, 7) is 1.20. The van der Waals surface area contributed by atoms with E-state index < -0.39 is 11.8 Å². The van der Waals surface area contributed by atoms with Crippen molar-refractivity contribution >= 4 is 12.0 Å². The molecule has 0 atom stereocenters. The second-order valence-corrected chi connectivity index (χ2v) is 4.39. The summed E-state index contributed by atoms with van der Waals surface area (Å²) in [4.78, 5) is 14.4. The number of benzene rings is 1. The smallest absolute Gasteiger partial charge is 0.328 e. The van der Waals surface area contributed by atoms with Crippen molar-refractivity contribution in [2.45, 2.75) is 13.0 Å². The van der Waals surface area contributed by atoms with Gasteiger partial charge >= 0.3 is 5.97 Å². The molecule has 1 heterocycles. The highest BCUT2D eigenvalue weighted by atomic mass is 19.1. The van der Waals surface area contributed by atoms with Gasteiger partial charge in [0.05, 0.1) is 12.9 Å². The lowest BCUT2D eigenvalue weighted by atomic mass is 10.2. The number of hydrogen-bond acceptors (Lipinski definition) is 3. The molecule has 0 saturated carbocycles. The van der Waals surface area contributed by atoms with Crippen molar-refractivity contribution in [3.05, 3.63) is 54.4 Å². The highest BCUT2D eigenvalue weighted by Gasteiger charge is 2.01. The van der Waals surface area contributed by atoms with E-state index in [0.717, 1.165) is 19.0 Å². The van der Waals surface area contributed by atoms with Crippen LogP contribution in [0.15, 0.2) is 43.0 Å². The average Bonchev–Trinajstić information content (AvgIpc) is 2.94. The van der Waals surface area contributed by atoms with E-state index in [1.54, 1.807) is 18.6 Å². The molecule has 21 heavy (non-hydrogen) atoms. The highest BCUT2D eigenvalue weighted by molar-refractivity contribution is 5.85. The second kappa shape index (κ2) is 7.23. The molecule has 5 nitrogen and oxygen atoms in total. The highest BCUT2D eigenvalue weighted by Crippen LogP contribution is 2.18. The zero-order valence-corrected chi connectivity index (χ0v) is 11.3. The van der Waals surface area contributed by atoms with Gasteiger partial charge in [0.15, 0.2) is 0 Å². The molecule has 0 aliphatic rings. The van der Waals surface area contributed by atoms with Gasteiger partial charge in [-0.05, 0) is 30.2 Å². The molecule has 0 saturated heterocycles. The van der Waals surface area contributed by atoms with Gasteiger partial charge in [0.1, 0.15) is 11.6 Å². The average molecular weight is 290 g/mol. The number of aryl methyl sites for hydroxylation is 1. The lowest BCUT2D eigenvalue weighted by molar-refractivity contribution is -0.131. The molecular formula is C15H15FN2O3. The largest absolute Gasteiger partial charge is 0.493 e. The molecule has 0 aliphatic heterocycles. The van der Waals surface area contributed by atoms with Crippen LogP contribution in [0, 0.1) is 5.82 Å². The van der Waals surface area contributed by atoms with Gasteiger partial charge in [-0.1, -0.05) is 0 Å². The minimum atomic E-state index is -1.08. The Kier molecular flexibility index (Phi) is 5.09. The van der Waals surface area contributed by atoms with Crippen molar-refractivity contribution in [3.63, 3.8) is 0 Å². The van der Waals surface area contributed by atoms with E-state index in [1.165, 1.54) is 18.2 Å². The maximum absolute atomic E-state index is 13.4. The van der Waals surface area contributed by atoms with Crippen LogP contribution in [0.3, 0.4) is 0 Å². The molecule has 1 aromatic carbocycles. The maximum Gasteiger partial charge on any atom is 0.328 e. The van der Waals surface area contributed by atoms with Gasteiger partial charge in [-0.3, -0.25) is 0 Å². The summed E-state index contributed by atoms with van der Waals surface area (Å²) in [5.74, 6) is -1.17. The first kappa shape index (κ1) is 14.8. The van der Waals surface area contributed by atoms with Gasteiger partial charge in [0, 0.05) is 31.1 Å². The summed E-state index contributed by atoms with van der Waals surface area (Å²) in [5.41, 5.74) is 0.446. The number of carboxylic acid groups (broad SMARTS) is 1. The van der Waals surface area contributed by atoms with Crippen LogP contribution in [0.25, 0.3) is 6.08 Å². The van der Waals surface area contributed by atoms with Crippen molar-refractivity contribution in [3.8, 4) is 5.75 Å². The Morgan fingerprint density at radius 2 is 2.29 bits per heavy atom. The Balaban J connectivity index is 1.88. The van der Waals surface area contributed by atoms with Crippen LogP contribution in [-0.4, -0.2) is 27.2 Å². The number of ether oxygens (including phenoxy) is 1. The van der Waals surface area contributed by atoms with Gasteiger partial charge in [-0.15, -0.1) is 0 Å². The molecule has 0 amide bonds. The molecule has 0 aliphatic carbocycles. The minimum absolute atomic E-state index is 0.380. The van der Waals surface area contributed by atoms with E-state index in [4.69, 9.17) is 9.84 Å². The molecule has 0 radical (unpaired) electrons. The van der Waals surface area contributed by atoms with Gasteiger partial charge in [0.2, 0.25) is 0 Å². The Hall–Kier alpha value is -2.63. The van der Waals surface area contributed by atoms with Crippen LogP contribution in [0.2, 0.25) is 0 Å². The summed E-state index contributed by atoms with van der Waals surface area (Å²) in [7, 11) is 0. The lowest BCUT2D eigenvalue weighted by Crippen LogP contribution is -2.03. The van der Waals surface area contributed by atoms with Gasteiger partial charge in [-0.25, -0.2) is 14.2 Å². The van der Waals surface area contributed by atoms with Crippen LogP contribution < -0.4 is 4.74 Å². The van der Waals surface area contributed by atoms with Crippen molar-refractivity contribution in [2.24, 2.45) is 0 Å². The van der Waals surface area contributed by atoms with Crippen molar-refractivity contribution in [1.82, 2.24) is 9.55 Å². The topological polar surface area (TPSA) is 64.3 Å². The molecular weight excluding hydrogens is 275 g/mol. The van der Waals surface area contributed by atoms with E-state index in [1.807, 2.05) is 10.8 Å². The Morgan fingerprint density at radius 3 is 3.00 bits per heavy atom. The predicted octanol–water partition coefficient (Wildman–Crippen LogP) is 2.59. The van der Waals surface area contributed by atoms with Crippen LogP contribution in [0.4, 0.5) is 4.39 Å². The molecule has 0 unspecified atom stereocenters. The van der Waals surface area contributed by atoms with Gasteiger partial charge in [-0.2, -0.15) is 0 Å². The van der Waals surface area contributed by atoms with E-state index >= 15 is 0 Å². The number of rotatable bonds is 7. The third-order valence-corrected chi connectivity index (χ3v) is 2.70. The SMILES string of the molecule is O=C(O)/C=C/c1cc(F)cc(OCCCn2ccnc2)c1. The summed E-state index contributed by atoms with van der Waals surface area (Å²) in [5, 5.41) is 8.56. The van der Waals surface area contributed by atoms with Crippen LogP contribution in [-0.2, 0) is 11.3 Å². The number of carboxylic acids is 1. The third-order valence-electron chi connectivity index (χ3n) is 2.70. The molecule has 2 aromatic rings. The lowest BCUT2D eigenvalue weighted by Gasteiger charge is -2.07. The fourth-order valence-corrected chi connectivity index (χ4v) is 1.79. The summed E-state index contributed by atoms with van der Waals surface area (Å²) >= 11 is 0. The van der Waals surface area contributed by atoms with Crippen molar-refractivity contribution < 1.29 is 19.0 Å². The molecule has 0 bridgehead atoms. The summed E-state index contributed by atoms with van der Waals surface area (Å²) in [6, 6.07) is 4.12. The number of nitrogens with zero attached hydrogens (tertiary/aromatic N) is 2. The van der Waals surface area contributed by atoms with Gasteiger partial charge in [0.25, 0.3) is 0 Å². The van der Waals surface area contributed by atoms with E-state index in [9.17, 15) is 9.18 Å². The van der Waals surface area contributed by atoms with E-state index in [2.05, 4.69) is 4.98 Å². The molecule has 1 N–H and O–H groups in total. The summed E-state index contributed by atoms with van der Waals surface area (Å²) in [6.07, 6.45) is 8.32. The molecule has 110 valence electrons. The number of hydrogen-bond donors (Lipinski definition) is 1. The Morgan fingerprint density at radius 1 is 1.43 bits per heavy atom. The quantitative estimate of drug-likeness (QED) is 0.629. The first-order valence-electron chi connectivity index (χ1n) is 6.43. The molecule has 2 rings (SSSR count). The first-order chi connectivity index (χ1) is 10.1. The third kappa shape index (κ3) is 5.10. The minimum Gasteiger partial charge on any atom is -0.493 e. The zero-order valence-electron chi connectivity index (χ0n) is 11.3. The standard InChI is InChI=1S/C15H15FN2O3/c16-13-8-12(2-3-15(19)20)9-14(10-13)21-7-1-5-18-6-4-17-11-18/h2-4,6,8-11H,1,5,7H2,(H,19,20)/b3-2+. The van der Waals surface area contributed by atoms with Crippen molar-refractivity contribution in [2.75, 3.05) is 6.61 Å². The normalized spacial score (nSPS) is 10.9. The molecule has 0 fully saturated rings. The number of halogens is 1. The monoisotopic (exact) mass is 290 g/mol. The van der Waals surface area contributed by atoms with Crippen LogP contribution >= 0.6 is 0 Å². The maximum atomic E-state index is 13.4. The summed E-state index contributed by atoms with van der Waals surface area (Å²) < 4.78 is 20.8. The first-order valence-corrected chi connectivity index (χ1v) is 6.43. The fraction of sp³-hybridized carbons (Fsp3) is 0.200. The van der Waals surface area contributed by atoms with Crippen LogP contribution in [0.5, 0.6) is 5.75 Å². The fourth-order valence-electron chi connectivity index (χ4n) is 1.79. The number of imidazole rings is 1. The predicted molar refractivity (Wildman–Crippen MR) is 75.4 cm³/mol. The number of aliphatic carboxylic acids is 1. The molecule has 0 spiro atoms. The molecule has 1 aromatic heterocycles. The zero-order chi connectivity index (χ0) is 15.1. The number of aromatic nitrogens is 2. The number of carbonyl (C=O) groups is 1. The Labute approximate surface area is 121 Å².